The molecule has 0 saturated heterocycles. The van der Waals surface area contributed by atoms with E-state index in [-0.39, 0.29) is 5.96 Å². The molecule has 0 bridgehead atoms. The van der Waals surface area contributed by atoms with Crippen LogP contribution in [-0.4, -0.2) is 12.5 Å². The highest BCUT2D eigenvalue weighted by Crippen LogP contribution is 2.08. The SMILES string of the molecule is N=C(N)NCCc1ccc(F)c(F)c1. The highest BCUT2D eigenvalue weighted by Gasteiger charge is 2.01. The van der Waals surface area contributed by atoms with Gasteiger partial charge in [-0.15, -0.1) is 0 Å². The Morgan fingerprint density at radius 2 is 2.07 bits per heavy atom. The van der Waals surface area contributed by atoms with Crippen molar-refractivity contribution in [1.82, 2.24) is 5.32 Å². The summed E-state index contributed by atoms with van der Waals surface area (Å²) in [5.74, 6) is -1.84. The maximum Gasteiger partial charge on any atom is 0.185 e. The van der Waals surface area contributed by atoms with Crippen molar-refractivity contribution in [2.45, 2.75) is 6.42 Å². The van der Waals surface area contributed by atoms with Crippen LogP contribution in [0.2, 0.25) is 0 Å². The second-order valence-electron chi connectivity index (χ2n) is 2.84. The monoisotopic (exact) mass is 199 g/mol. The van der Waals surface area contributed by atoms with Crippen molar-refractivity contribution in [2.24, 2.45) is 5.73 Å². The highest BCUT2D eigenvalue weighted by molar-refractivity contribution is 5.74. The predicted octanol–water partition coefficient (Wildman–Crippen LogP) is 0.990. The van der Waals surface area contributed by atoms with Gasteiger partial charge in [0.25, 0.3) is 0 Å². The van der Waals surface area contributed by atoms with Crippen LogP contribution in [0.5, 0.6) is 0 Å². The van der Waals surface area contributed by atoms with Crippen LogP contribution in [0, 0.1) is 17.0 Å². The van der Waals surface area contributed by atoms with Gasteiger partial charge in [0.1, 0.15) is 0 Å². The second-order valence-corrected chi connectivity index (χ2v) is 2.84. The molecule has 0 atom stereocenters. The van der Waals surface area contributed by atoms with Crippen LogP contribution >= 0.6 is 0 Å². The number of hydrogen-bond donors (Lipinski definition) is 3. The Balaban J connectivity index is 2.51. The standard InChI is InChI=1S/C9H11F2N3/c10-7-2-1-6(5-8(7)11)3-4-14-9(12)13/h1-2,5H,3-4H2,(H4,12,13,14). The maximum absolute atomic E-state index is 12.7. The third-order valence-electron chi connectivity index (χ3n) is 1.71. The fourth-order valence-electron chi connectivity index (χ4n) is 1.04. The lowest BCUT2D eigenvalue weighted by Crippen LogP contribution is -2.31. The summed E-state index contributed by atoms with van der Waals surface area (Å²) in [5.41, 5.74) is 5.71. The Morgan fingerprint density at radius 1 is 1.36 bits per heavy atom. The van der Waals surface area contributed by atoms with Gasteiger partial charge in [0, 0.05) is 6.54 Å². The molecule has 1 aromatic carbocycles. The second kappa shape index (κ2) is 4.55. The molecule has 0 saturated carbocycles. The first-order valence-corrected chi connectivity index (χ1v) is 4.11. The molecule has 1 aromatic rings. The van der Waals surface area contributed by atoms with E-state index in [4.69, 9.17) is 11.1 Å². The summed E-state index contributed by atoms with van der Waals surface area (Å²) < 4.78 is 25.2. The van der Waals surface area contributed by atoms with Gasteiger partial charge in [0.2, 0.25) is 0 Å². The summed E-state index contributed by atoms with van der Waals surface area (Å²) in [6.07, 6.45) is 0.497. The zero-order valence-electron chi connectivity index (χ0n) is 7.48. The predicted molar refractivity (Wildman–Crippen MR) is 50.0 cm³/mol. The van der Waals surface area contributed by atoms with Crippen LogP contribution in [0.4, 0.5) is 8.78 Å². The molecule has 0 aliphatic rings. The summed E-state index contributed by atoms with van der Waals surface area (Å²) >= 11 is 0. The van der Waals surface area contributed by atoms with Crippen molar-refractivity contribution in [3.8, 4) is 0 Å². The molecule has 5 heteroatoms. The molecule has 0 radical (unpaired) electrons. The molecule has 0 unspecified atom stereocenters. The zero-order chi connectivity index (χ0) is 10.6. The van der Waals surface area contributed by atoms with Gasteiger partial charge in [-0.25, -0.2) is 8.78 Å². The molecule has 76 valence electrons. The number of nitrogens with two attached hydrogens (primary N) is 1. The Labute approximate surface area is 80.4 Å². The Kier molecular flexibility index (Phi) is 3.39. The van der Waals surface area contributed by atoms with Crippen molar-refractivity contribution in [1.29, 1.82) is 5.41 Å². The van der Waals surface area contributed by atoms with Crippen LogP contribution in [0.15, 0.2) is 18.2 Å². The van der Waals surface area contributed by atoms with Gasteiger partial charge in [-0.3, -0.25) is 5.41 Å². The van der Waals surface area contributed by atoms with Gasteiger partial charge in [-0.1, -0.05) is 6.07 Å². The molecule has 0 amide bonds. The van der Waals surface area contributed by atoms with Crippen molar-refractivity contribution in [2.75, 3.05) is 6.54 Å². The van der Waals surface area contributed by atoms with E-state index in [0.717, 1.165) is 12.1 Å². The van der Waals surface area contributed by atoms with E-state index in [1.807, 2.05) is 0 Å². The van der Waals surface area contributed by atoms with Crippen molar-refractivity contribution >= 4 is 5.96 Å². The lowest BCUT2D eigenvalue weighted by molar-refractivity contribution is 0.507. The minimum Gasteiger partial charge on any atom is -0.370 e. The van der Waals surface area contributed by atoms with Crippen LogP contribution < -0.4 is 11.1 Å². The van der Waals surface area contributed by atoms with Crippen LogP contribution in [0.25, 0.3) is 0 Å². The van der Waals surface area contributed by atoms with E-state index < -0.39 is 11.6 Å². The molecular formula is C9H11F2N3. The fourth-order valence-corrected chi connectivity index (χ4v) is 1.04. The van der Waals surface area contributed by atoms with E-state index in [9.17, 15) is 8.78 Å². The minimum atomic E-state index is -0.856. The molecule has 3 nitrogen and oxygen atoms in total. The molecule has 0 spiro atoms. The molecule has 4 N–H and O–H groups in total. The molecular weight excluding hydrogens is 188 g/mol. The van der Waals surface area contributed by atoms with E-state index in [1.165, 1.54) is 6.07 Å². The summed E-state index contributed by atoms with van der Waals surface area (Å²) in [7, 11) is 0. The summed E-state index contributed by atoms with van der Waals surface area (Å²) in [6.45, 7) is 0.431. The molecule has 0 fully saturated rings. The van der Waals surface area contributed by atoms with Gasteiger partial charge in [-0.05, 0) is 24.1 Å². The lowest BCUT2D eigenvalue weighted by Gasteiger charge is -2.03. The maximum atomic E-state index is 12.7. The quantitative estimate of drug-likeness (QED) is 0.502. The van der Waals surface area contributed by atoms with Gasteiger partial charge < -0.3 is 11.1 Å². The summed E-state index contributed by atoms with van der Waals surface area (Å²) in [5, 5.41) is 9.44. The Hall–Kier alpha value is -1.65. The average molecular weight is 199 g/mol. The molecule has 0 heterocycles. The largest absolute Gasteiger partial charge is 0.370 e. The normalized spacial score (nSPS) is 9.86. The molecule has 0 aliphatic carbocycles. The smallest absolute Gasteiger partial charge is 0.185 e. The lowest BCUT2D eigenvalue weighted by atomic mass is 10.1. The first-order valence-electron chi connectivity index (χ1n) is 4.11. The number of halogens is 2. The van der Waals surface area contributed by atoms with Gasteiger partial charge in [0.15, 0.2) is 17.6 Å². The first kappa shape index (κ1) is 10.4. The van der Waals surface area contributed by atoms with Gasteiger partial charge in [0.05, 0.1) is 0 Å². The first-order chi connectivity index (χ1) is 6.59. The van der Waals surface area contributed by atoms with E-state index in [1.54, 1.807) is 0 Å². The number of nitrogens with one attached hydrogen (secondary N) is 2. The van der Waals surface area contributed by atoms with Crippen LogP contribution in [0.1, 0.15) is 5.56 Å². The number of benzene rings is 1. The molecule has 0 aliphatic heterocycles. The van der Waals surface area contributed by atoms with Crippen molar-refractivity contribution in [3.05, 3.63) is 35.4 Å². The van der Waals surface area contributed by atoms with E-state index in [2.05, 4.69) is 5.32 Å². The fraction of sp³-hybridized carbons (Fsp3) is 0.222. The van der Waals surface area contributed by atoms with Crippen LogP contribution in [0.3, 0.4) is 0 Å². The number of rotatable bonds is 3. The van der Waals surface area contributed by atoms with Gasteiger partial charge in [-0.2, -0.15) is 0 Å². The Bertz CT molecular complexity index is 339. The zero-order valence-corrected chi connectivity index (χ0v) is 7.48. The third kappa shape index (κ3) is 3.01. The van der Waals surface area contributed by atoms with E-state index in [0.29, 0.717) is 18.5 Å². The van der Waals surface area contributed by atoms with Crippen molar-refractivity contribution < 1.29 is 8.78 Å². The number of guanidine groups is 1. The molecule has 14 heavy (non-hydrogen) atoms. The Morgan fingerprint density at radius 3 is 2.64 bits per heavy atom. The molecule has 0 aromatic heterocycles. The summed E-state index contributed by atoms with van der Waals surface area (Å²) in [4.78, 5) is 0. The topological polar surface area (TPSA) is 61.9 Å². The van der Waals surface area contributed by atoms with E-state index >= 15 is 0 Å². The highest BCUT2D eigenvalue weighted by atomic mass is 19.2. The van der Waals surface area contributed by atoms with Crippen molar-refractivity contribution in [3.63, 3.8) is 0 Å². The third-order valence-corrected chi connectivity index (χ3v) is 1.71. The van der Waals surface area contributed by atoms with Gasteiger partial charge >= 0.3 is 0 Å². The minimum absolute atomic E-state index is 0.132. The van der Waals surface area contributed by atoms with Crippen LogP contribution in [-0.2, 0) is 6.42 Å². The average Bonchev–Trinajstić information content (AvgIpc) is 2.10. The number of hydrogen-bond acceptors (Lipinski definition) is 1. The molecule has 1 rings (SSSR count). The summed E-state index contributed by atoms with van der Waals surface area (Å²) in [6, 6.07) is 3.72.